The Morgan fingerprint density at radius 3 is 2.68 bits per heavy atom. The number of nitrogens with one attached hydrogen (secondary N) is 2. The van der Waals surface area contributed by atoms with Crippen molar-refractivity contribution >= 4 is 45.5 Å². The Morgan fingerprint density at radius 2 is 1.90 bits per heavy atom. The number of morpholine rings is 1. The molecule has 0 amide bonds. The van der Waals surface area contributed by atoms with Crippen molar-refractivity contribution in [3.05, 3.63) is 59.2 Å². The van der Waals surface area contributed by atoms with Crippen LogP contribution in [0.25, 0.3) is 22.3 Å². The largest absolute Gasteiger partial charge is 0.399 e. The zero-order chi connectivity index (χ0) is 21.4. The number of hydrogen-bond donors (Lipinski definition) is 3. The SMILES string of the molecule is Cc1c(-c2nc(Nc3ccc(N4CCOCC4)cc3)ncc2Cl)[nH]c2ccc(N)cc12. The molecule has 1 fully saturated rings. The number of benzene rings is 2. The normalized spacial score (nSPS) is 14.2. The summed E-state index contributed by atoms with van der Waals surface area (Å²) in [5, 5.41) is 4.81. The average Bonchev–Trinajstić information content (AvgIpc) is 3.12. The van der Waals surface area contributed by atoms with E-state index in [0.717, 1.165) is 59.8 Å². The molecule has 3 heterocycles. The molecular weight excluding hydrogens is 412 g/mol. The average molecular weight is 435 g/mol. The number of ether oxygens (including phenoxy) is 1. The van der Waals surface area contributed by atoms with E-state index in [4.69, 9.17) is 22.1 Å². The van der Waals surface area contributed by atoms with Crippen LogP contribution in [0.2, 0.25) is 5.02 Å². The van der Waals surface area contributed by atoms with Crippen LogP contribution in [0.15, 0.2) is 48.7 Å². The molecule has 0 aliphatic carbocycles. The molecule has 2 aromatic carbocycles. The molecule has 8 heteroatoms. The van der Waals surface area contributed by atoms with Gasteiger partial charge in [0.2, 0.25) is 5.95 Å². The lowest BCUT2D eigenvalue weighted by molar-refractivity contribution is 0.122. The number of aryl methyl sites for hydroxylation is 1. The summed E-state index contributed by atoms with van der Waals surface area (Å²) in [4.78, 5) is 14.8. The molecular formula is C23H23ClN6O. The highest BCUT2D eigenvalue weighted by molar-refractivity contribution is 6.33. The first-order chi connectivity index (χ1) is 15.1. The first-order valence-electron chi connectivity index (χ1n) is 10.2. The van der Waals surface area contributed by atoms with Crippen LogP contribution in [-0.2, 0) is 4.74 Å². The quantitative estimate of drug-likeness (QED) is 0.401. The van der Waals surface area contributed by atoms with Gasteiger partial charge >= 0.3 is 0 Å². The minimum Gasteiger partial charge on any atom is -0.399 e. The molecule has 1 aliphatic heterocycles. The molecule has 5 rings (SSSR count). The van der Waals surface area contributed by atoms with Gasteiger partial charge in [0.05, 0.1) is 30.1 Å². The number of fused-ring (bicyclic) bond motifs is 1. The molecule has 4 aromatic rings. The summed E-state index contributed by atoms with van der Waals surface area (Å²) in [5.74, 6) is 0.482. The molecule has 0 atom stereocenters. The molecule has 2 aromatic heterocycles. The second-order valence-corrected chi connectivity index (χ2v) is 8.00. The van der Waals surface area contributed by atoms with E-state index in [9.17, 15) is 0 Å². The molecule has 0 saturated carbocycles. The first kappa shape index (κ1) is 19.7. The summed E-state index contributed by atoms with van der Waals surface area (Å²) in [7, 11) is 0. The fraction of sp³-hybridized carbons (Fsp3) is 0.217. The lowest BCUT2D eigenvalue weighted by Gasteiger charge is -2.28. The molecule has 0 spiro atoms. The van der Waals surface area contributed by atoms with Gasteiger partial charge in [-0.2, -0.15) is 0 Å². The summed E-state index contributed by atoms with van der Waals surface area (Å²) in [6, 6.07) is 14.0. The molecule has 0 unspecified atom stereocenters. The molecule has 158 valence electrons. The number of aromatic amines is 1. The fourth-order valence-corrected chi connectivity index (χ4v) is 4.08. The lowest BCUT2D eigenvalue weighted by Crippen LogP contribution is -2.36. The highest BCUT2D eigenvalue weighted by atomic mass is 35.5. The zero-order valence-electron chi connectivity index (χ0n) is 17.2. The van der Waals surface area contributed by atoms with Gasteiger partial charge in [-0.15, -0.1) is 0 Å². The van der Waals surface area contributed by atoms with Crippen LogP contribution >= 0.6 is 11.6 Å². The van der Waals surface area contributed by atoms with E-state index in [0.29, 0.717) is 16.7 Å². The first-order valence-corrected chi connectivity index (χ1v) is 10.6. The van der Waals surface area contributed by atoms with Crippen LogP contribution in [0.1, 0.15) is 5.56 Å². The number of halogens is 1. The maximum absolute atomic E-state index is 6.46. The van der Waals surface area contributed by atoms with Crippen LogP contribution in [-0.4, -0.2) is 41.3 Å². The molecule has 31 heavy (non-hydrogen) atoms. The number of hydrogen-bond acceptors (Lipinski definition) is 6. The van der Waals surface area contributed by atoms with E-state index in [2.05, 4.69) is 37.3 Å². The van der Waals surface area contributed by atoms with E-state index >= 15 is 0 Å². The number of aromatic nitrogens is 3. The smallest absolute Gasteiger partial charge is 0.227 e. The second-order valence-electron chi connectivity index (χ2n) is 7.59. The molecule has 1 aliphatic rings. The molecule has 7 nitrogen and oxygen atoms in total. The second kappa shape index (κ2) is 8.09. The Bertz CT molecular complexity index is 1230. The van der Waals surface area contributed by atoms with E-state index in [1.54, 1.807) is 6.20 Å². The lowest BCUT2D eigenvalue weighted by atomic mass is 10.1. The number of rotatable bonds is 4. The van der Waals surface area contributed by atoms with Crippen molar-refractivity contribution < 1.29 is 4.74 Å². The third-order valence-electron chi connectivity index (χ3n) is 5.56. The maximum Gasteiger partial charge on any atom is 0.227 e. The Labute approximate surface area is 185 Å². The van der Waals surface area contributed by atoms with Crippen LogP contribution in [0.4, 0.5) is 23.0 Å². The monoisotopic (exact) mass is 434 g/mol. The predicted octanol–water partition coefficient (Wildman–Crippen LogP) is 4.75. The van der Waals surface area contributed by atoms with E-state index in [1.807, 2.05) is 37.3 Å². The van der Waals surface area contributed by atoms with Gasteiger partial charge in [0.1, 0.15) is 5.69 Å². The zero-order valence-corrected chi connectivity index (χ0v) is 17.9. The van der Waals surface area contributed by atoms with Gasteiger partial charge in [0.15, 0.2) is 0 Å². The van der Waals surface area contributed by atoms with Gasteiger partial charge in [-0.25, -0.2) is 9.97 Å². The number of nitrogens with two attached hydrogens (primary N) is 1. The van der Waals surface area contributed by atoms with Crippen molar-refractivity contribution in [3.63, 3.8) is 0 Å². The topological polar surface area (TPSA) is 92.1 Å². The summed E-state index contributed by atoms with van der Waals surface area (Å²) in [6.07, 6.45) is 1.62. The van der Waals surface area contributed by atoms with Crippen LogP contribution < -0.4 is 16.0 Å². The molecule has 0 radical (unpaired) electrons. The number of H-pyrrole nitrogens is 1. The fourth-order valence-electron chi connectivity index (χ4n) is 3.89. The summed E-state index contributed by atoms with van der Waals surface area (Å²) >= 11 is 6.46. The summed E-state index contributed by atoms with van der Waals surface area (Å²) in [5.41, 5.74) is 12.3. The Hall–Kier alpha value is -3.29. The minimum atomic E-state index is 0.482. The van der Waals surface area contributed by atoms with Crippen molar-refractivity contribution in [3.8, 4) is 11.4 Å². The summed E-state index contributed by atoms with van der Waals surface area (Å²) < 4.78 is 5.42. The highest BCUT2D eigenvalue weighted by Crippen LogP contribution is 2.34. The van der Waals surface area contributed by atoms with Gasteiger partial charge in [-0.1, -0.05) is 11.6 Å². The van der Waals surface area contributed by atoms with E-state index in [1.165, 1.54) is 5.69 Å². The van der Waals surface area contributed by atoms with Crippen molar-refractivity contribution in [1.29, 1.82) is 0 Å². The number of nitrogen functional groups attached to an aromatic ring is 1. The van der Waals surface area contributed by atoms with Crippen LogP contribution in [0, 0.1) is 6.92 Å². The third kappa shape index (κ3) is 3.89. The molecule has 1 saturated heterocycles. The van der Waals surface area contributed by atoms with E-state index < -0.39 is 0 Å². The van der Waals surface area contributed by atoms with Crippen molar-refractivity contribution in [2.24, 2.45) is 0 Å². The Morgan fingerprint density at radius 1 is 1.13 bits per heavy atom. The van der Waals surface area contributed by atoms with Gasteiger partial charge < -0.3 is 25.7 Å². The maximum atomic E-state index is 6.46. The van der Waals surface area contributed by atoms with Crippen molar-refractivity contribution in [2.45, 2.75) is 6.92 Å². The van der Waals surface area contributed by atoms with Crippen LogP contribution in [0.5, 0.6) is 0 Å². The Balaban J connectivity index is 1.42. The van der Waals surface area contributed by atoms with Crippen molar-refractivity contribution in [1.82, 2.24) is 15.0 Å². The van der Waals surface area contributed by atoms with Gasteiger partial charge in [-0.3, -0.25) is 0 Å². The summed E-state index contributed by atoms with van der Waals surface area (Å²) in [6.45, 7) is 5.38. The van der Waals surface area contributed by atoms with Crippen LogP contribution in [0.3, 0.4) is 0 Å². The van der Waals surface area contributed by atoms with E-state index in [-0.39, 0.29) is 0 Å². The minimum absolute atomic E-state index is 0.482. The Kier molecular flexibility index (Phi) is 5.13. The number of nitrogens with zero attached hydrogens (tertiary/aromatic N) is 3. The highest BCUT2D eigenvalue weighted by Gasteiger charge is 2.16. The standard InChI is InChI=1S/C23H23ClN6O/c1-14-18-12-15(25)2-7-20(18)28-21(14)22-19(24)13-26-23(29-22)27-16-3-5-17(6-4-16)30-8-10-31-11-9-30/h2-7,12-13,28H,8-11,25H2,1H3,(H,26,27,29). The van der Waals surface area contributed by atoms with Gasteiger partial charge in [0, 0.05) is 41.1 Å². The molecule has 0 bridgehead atoms. The third-order valence-corrected chi connectivity index (χ3v) is 5.84. The van der Waals surface area contributed by atoms with Crippen molar-refractivity contribution in [2.75, 3.05) is 42.3 Å². The van der Waals surface area contributed by atoms with Gasteiger partial charge in [0.25, 0.3) is 0 Å². The molecule has 4 N–H and O–H groups in total. The van der Waals surface area contributed by atoms with Gasteiger partial charge in [-0.05, 0) is 55.0 Å². The number of anilines is 4. The predicted molar refractivity (Wildman–Crippen MR) is 126 cm³/mol.